The molecule has 0 aliphatic rings. The first-order valence-corrected chi connectivity index (χ1v) is 3.58. The average Bonchev–Trinajstić information content (AvgIpc) is 1.90. The molecule has 0 saturated carbocycles. The van der Waals surface area contributed by atoms with E-state index in [4.69, 9.17) is 0 Å². The van der Waals surface area contributed by atoms with Gasteiger partial charge in [0, 0.05) is 20.0 Å². The molecule has 0 aliphatic heterocycles. The van der Waals surface area contributed by atoms with Crippen LogP contribution in [-0.4, -0.2) is 23.8 Å². The molecule has 0 amide bonds. The Morgan fingerprint density at radius 2 is 1.80 bits per heavy atom. The van der Waals surface area contributed by atoms with Crippen LogP contribution in [0.15, 0.2) is 12.3 Å². The molecule has 2 heteroatoms. The summed E-state index contributed by atoms with van der Waals surface area (Å²) >= 11 is 0. The average molecular weight is 141 g/mol. The van der Waals surface area contributed by atoms with Gasteiger partial charge in [0.05, 0.1) is 5.70 Å². The molecule has 58 valence electrons. The topological polar surface area (TPSA) is 20.3 Å². The summed E-state index contributed by atoms with van der Waals surface area (Å²) in [6.07, 6.45) is 0. The molecule has 0 spiro atoms. The fourth-order valence-corrected chi connectivity index (χ4v) is 0.828. The van der Waals surface area contributed by atoms with Gasteiger partial charge in [0.1, 0.15) is 0 Å². The van der Waals surface area contributed by atoms with Gasteiger partial charge in [-0.1, -0.05) is 6.58 Å². The van der Waals surface area contributed by atoms with Gasteiger partial charge in [0.15, 0.2) is 5.78 Å². The fraction of sp³-hybridized carbons (Fsp3) is 0.625. The largest absolute Gasteiger partial charge is 0.370 e. The third-order valence-corrected chi connectivity index (χ3v) is 1.55. The number of likely N-dealkylation sites (N-methyl/N-ethyl adjacent to an activating group) is 1. The standard InChI is InChI=1S/C8H15NO/c1-5-9(6-2)7(3)8(4)10/h3,5-6H2,1-2,4H3. The number of rotatable bonds is 4. The van der Waals surface area contributed by atoms with E-state index in [0.29, 0.717) is 5.70 Å². The number of carbonyl (C=O) groups is 1. The van der Waals surface area contributed by atoms with Crippen LogP contribution in [0.4, 0.5) is 0 Å². The van der Waals surface area contributed by atoms with Crippen LogP contribution in [0, 0.1) is 0 Å². The molecule has 0 N–H and O–H groups in total. The van der Waals surface area contributed by atoms with Crippen molar-refractivity contribution in [2.45, 2.75) is 20.8 Å². The number of nitrogens with zero attached hydrogens (tertiary/aromatic N) is 1. The van der Waals surface area contributed by atoms with E-state index in [2.05, 4.69) is 6.58 Å². The van der Waals surface area contributed by atoms with Crippen molar-refractivity contribution < 1.29 is 4.79 Å². The summed E-state index contributed by atoms with van der Waals surface area (Å²) in [5.74, 6) is 0.0590. The lowest BCUT2D eigenvalue weighted by Gasteiger charge is -2.20. The summed E-state index contributed by atoms with van der Waals surface area (Å²) in [6, 6.07) is 0. The first-order chi connectivity index (χ1) is 4.63. The molecular weight excluding hydrogens is 126 g/mol. The number of allylic oxidation sites excluding steroid dienone is 1. The number of carbonyl (C=O) groups excluding carboxylic acids is 1. The first kappa shape index (κ1) is 9.21. The summed E-state index contributed by atoms with van der Waals surface area (Å²) in [5.41, 5.74) is 0.616. The molecule has 2 nitrogen and oxygen atoms in total. The van der Waals surface area contributed by atoms with E-state index in [1.807, 2.05) is 18.7 Å². The van der Waals surface area contributed by atoms with Crippen molar-refractivity contribution in [2.24, 2.45) is 0 Å². The van der Waals surface area contributed by atoms with Crippen LogP contribution in [0.25, 0.3) is 0 Å². The van der Waals surface area contributed by atoms with Gasteiger partial charge in [0.25, 0.3) is 0 Å². The molecule has 0 aromatic heterocycles. The summed E-state index contributed by atoms with van der Waals surface area (Å²) < 4.78 is 0. The Bertz CT molecular complexity index is 136. The quantitative estimate of drug-likeness (QED) is 0.552. The predicted octanol–water partition coefficient (Wildman–Crippen LogP) is 1.43. The van der Waals surface area contributed by atoms with E-state index in [9.17, 15) is 4.79 Å². The summed E-state index contributed by atoms with van der Waals surface area (Å²) in [5, 5.41) is 0. The Balaban J connectivity index is 4.02. The van der Waals surface area contributed by atoms with Gasteiger partial charge in [-0.3, -0.25) is 4.79 Å². The Morgan fingerprint density at radius 1 is 1.40 bits per heavy atom. The Kier molecular flexibility index (Phi) is 3.77. The molecule has 0 aromatic carbocycles. The number of hydrogen-bond acceptors (Lipinski definition) is 2. The second kappa shape index (κ2) is 4.09. The van der Waals surface area contributed by atoms with Gasteiger partial charge < -0.3 is 4.90 Å². The normalized spacial score (nSPS) is 9.10. The maximum absolute atomic E-state index is 10.8. The molecule has 0 saturated heterocycles. The van der Waals surface area contributed by atoms with E-state index >= 15 is 0 Å². The highest BCUT2D eigenvalue weighted by atomic mass is 16.1. The van der Waals surface area contributed by atoms with Crippen LogP contribution >= 0.6 is 0 Å². The minimum absolute atomic E-state index is 0.0590. The van der Waals surface area contributed by atoms with Crippen molar-refractivity contribution in [2.75, 3.05) is 13.1 Å². The van der Waals surface area contributed by atoms with Crippen molar-refractivity contribution in [3.8, 4) is 0 Å². The molecule has 0 unspecified atom stereocenters. The second-order valence-corrected chi connectivity index (χ2v) is 2.18. The van der Waals surface area contributed by atoms with Gasteiger partial charge in [-0.15, -0.1) is 0 Å². The van der Waals surface area contributed by atoms with Crippen molar-refractivity contribution in [1.82, 2.24) is 4.90 Å². The molecule has 0 aromatic rings. The zero-order valence-electron chi connectivity index (χ0n) is 6.98. The molecule has 0 fully saturated rings. The molecule has 0 bridgehead atoms. The van der Waals surface area contributed by atoms with Crippen LogP contribution in [0.3, 0.4) is 0 Å². The van der Waals surface area contributed by atoms with Gasteiger partial charge in [-0.05, 0) is 13.8 Å². The molecule has 10 heavy (non-hydrogen) atoms. The zero-order valence-corrected chi connectivity index (χ0v) is 6.98. The highest BCUT2D eigenvalue weighted by Gasteiger charge is 2.05. The Hall–Kier alpha value is -0.790. The van der Waals surface area contributed by atoms with Crippen LogP contribution < -0.4 is 0 Å². The third kappa shape index (κ3) is 2.21. The Labute approximate surface area is 62.5 Å². The maximum atomic E-state index is 10.8. The predicted molar refractivity (Wildman–Crippen MR) is 42.7 cm³/mol. The van der Waals surface area contributed by atoms with Crippen molar-refractivity contribution in [1.29, 1.82) is 0 Å². The lowest BCUT2D eigenvalue weighted by atomic mass is 10.3. The summed E-state index contributed by atoms with van der Waals surface area (Å²) in [4.78, 5) is 12.7. The fourth-order valence-electron chi connectivity index (χ4n) is 0.828. The van der Waals surface area contributed by atoms with Gasteiger partial charge in [0.2, 0.25) is 0 Å². The maximum Gasteiger partial charge on any atom is 0.175 e. The Morgan fingerprint density at radius 3 is 1.90 bits per heavy atom. The summed E-state index contributed by atoms with van der Waals surface area (Å²) in [6.45, 7) is 11.0. The number of hydrogen-bond donors (Lipinski definition) is 0. The molecule has 0 rings (SSSR count). The molecule has 0 aliphatic carbocycles. The highest BCUT2D eigenvalue weighted by molar-refractivity contribution is 5.91. The zero-order chi connectivity index (χ0) is 8.15. The molecule has 0 heterocycles. The van der Waals surface area contributed by atoms with Crippen LogP contribution in [0.1, 0.15) is 20.8 Å². The summed E-state index contributed by atoms with van der Waals surface area (Å²) in [7, 11) is 0. The minimum atomic E-state index is 0.0590. The van der Waals surface area contributed by atoms with Crippen LogP contribution in [0.5, 0.6) is 0 Å². The van der Waals surface area contributed by atoms with E-state index in [1.165, 1.54) is 0 Å². The molecular formula is C8H15NO. The van der Waals surface area contributed by atoms with Crippen LogP contribution in [0.2, 0.25) is 0 Å². The van der Waals surface area contributed by atoms with Crippen LogP contribution in [-0.2, 0) is 4.79 Å². The highest BCUT2D eigenvalue weighted by Crippen LogP contribution is 2.00. The lowest BCUT2D eigenvalue weighted by Crippen LogP contribution is -2.25. The second-order valence-electron chi connectivity index (χ2n) is 2.18. The van der Waals surface area contributed by atoms with Gasteiger partial charge >= 0.3 is 0 Å². The third-order valence-electron chi connectivity index (χ3n) is 1.55. The van der Waals surface area contributed by atoms with Crippen molar-refractivity contribution in [3.05, 3.63) is 12.3 Å². The van der Waals surface area contributed by atoms with E-state index in [1.54, 1.807) is 6.92 Å². The monoisotopic (exact) mass is 141 g/mol. The number of ketones is 1. The van der Waals surface area contributed by atoms with Gasteiger partial charge in [-0.2, -0.15) is 0 Å². The minimum Gasteiger partial charge on any atom is -0.370 e. The van der Waals surface area contributed by atoms with Crippen molar-refractivity contribution in [3.63, 3.8) is 0 Å². The molecule has 0 atom stereocenters. The van der Waals surface area contributed by atoms with E-state index in [-0.39, 0.29) is 5.78 Å². The van der Waals surface area contributed by atoms with E-state index in [0.717, 1.165) is 13.1 Å². The van der Waals surface area contributed by atoms with Crippen molar-refractivity contribution >= 4 is 5.78 Å². The lowest BCUT2D eigenvalue weighted by molar-refractivity contribution is -0.115. The molecule has 0 radical (unpaired) electrons. The SMILES string of the molecule is C=C(C(C)=O)N(CC)CC. The van der Waals surface area contributed by atoms with E-state index < -0.39 is 0 Å². The smallest absolute Gasteiger partial charge is 0.175 e. The number of Topliss-reactive ketones (excluding diaryl/α,β-unsaturated/α-hetero) is 1. The first-order valence-electron chi connectivity index (χ1n) is 3.58. The van der Waals surface area contributed by atoms with Gasteiger partial charge in [-0.25, -0.2) is 0 Å².